The third-order valence-corrected chi connectivity index (χ3v) is 4.69. The molecule has 150 valence electrons. The van der Waals surface area contributed by atoms with Crippen LogP contribution in [-0.4, -0.2) is 57.2 Å². The zero-order valence-electron chi connectivity index (χ0n) is 16.0. The molecule has 0 aliphatic carbocycles. The molecule has 7 heteroatoms. The fraction of sp³-hybridized carbons (Fsp3) is 0.381. The van der Waals surface area contributed by atoms with Gasteiger partial charge in [-0.25, -0.2) is 4.39 Å². The van der Waals surface area contributed by atoms with Gasteiger partial charge in [-0.1, -0.05) is 24.3 Å². The number of hydrogen-bond acceptors (Lipinski definition) is 5. The molecular formula is C21H26FN3O3. The third kappa shape index (κ3) is 5.43. The van der Waals surface area contributed by atoms with E-state index in [0.717, 1.165) is 30.9 Å². The van der Waals surface area contributed by atoms with Crippen molar-refractivity contribution in [1.82, 2.24) is 15.5 Å². The Balaban J connectivity index is 1.50. The zero-order valence-corrected chi connectivity index (χ0v) is 16.0. The van der Waals surface area contributed by atoms with Crippen molar-refractivity contribution in [3.63, 3.8) is 0 Å². The molecule has 1 atom stereocenters. The van der Waals surface area contributed by atoms with Gasteiger partial charge < -0.3 is 20.1 Å². The van der Waals surface area contributed by atoms with E-state index < -0.39 is 0 Å². The molecule has 1 aliphatic rings. The molecule has 1 fully saturated rings. The monoisotopic (exact) mass is 387 g/mol. The Morgan fingerprint density at radius 1 is 1.29 bits per heavy atom. The Bertz CT molecular complexity index is 787. The van der Waals surface area contributed by atoms with E-state index in [9.17, 15) is 9.18 Å². The number of hydrogen-bond donors (Lipinski definition) is 2. The number of piperazine rings is 1. The van der Waals surface area contributed by atoms with Crippen LogP contribution in [0.3, 0.4) is 0 Å². The Labute approximate surface area is 164 Å². The van der Waals surface area contributed by atoms with E-state index in [0.29, 0.717) is 18.8 Å². The van der Waals surface area contributed by atoms with Crippen LogP contribution in [0.1, 0.15) is 11.6 Å². The van der Waals surface area contributed by atoms with E-state index in [1.807, 2.05) is 24.3 Å². The summed E-state index contributed by atoms with van der Waals surface area (Å²) in [6.45, 7) is 3.31. The van der Waals surface area contributed by atoms with Crippen molar-refractivity contribution >= 4 is 5.91 Å². The Morgan fingerprint density at radius 3 is 2.96 bits per heavy atom. The van der Waals surface area contributed by atoms with Gasteiger partial charge >= 0.3 is 0 Å². The summed E-state index contributed by atoms with van der Waals surface area (Å²) in [7, 11) is 1.66. The second-order valence-electron chi connectivity index (χ2n) is 6.59. The summed E-state index contributed by atoms with van der Waals surface area (Å²) in [4.78, 5) is 14.5. The molecule has 1 heterocycles. The number of carbonyl (C=O) groups excluding carboxylic acids is 1. The Morgan fingerprint density at radius 2 is 2.14 bits per heavy atom. The highest BCUT2D eigenvalue weighted by atomic mass is 19.1. The van der Waals surface area contributed by atoms with Crippen molar-refractivity contribution in [3.8, 4) is 11.5 Å². The summed E-state index contributed by atoms with van der Waals surface area (Å²) in [5, 5.41) is 6.25. The number of para-hydroxylation sites is 1. The predicted molar refractivity (Wildman–Crippen MR) is 105 cm³/mol. The van der Waals surface area contributed by atoms with Crippen LogP contribution in [0.5, 0.6) is 11.5 Å². The highest BCUT2D eigenvalue weighted by molar-refractivity contribution is 5.78. The fourth-order valence-electron chi connectivity index (χ4n) is 3.34. The van der Waals surface area contributed by atoms with Crippen LogP contribution in [0.4, 0.5) is 4.39 Å². The maximum atomic E-state index is 13.1. The second kappa shape index (κ2) is 10.1. The summed E-state index contributed by atoms with van der Waals surface area (Å²) in [6.07, 6.45) is 0. The molecular weight excluding hydrogens is 361 g/mol. The van der Waals surface area contributed by atoms with Gasteiger partial charge in [-0.05, 0) is 18.2 Å². The number of methoxy groups -OCH3 is 1. The molecule has 6 nitrogen and oxygen atoms in total. The van der Waals surface area contributed by atoms with Crippen molar-refractivity contribution in [2.75, 3.05) is 46.4 Å². The molecule has 1 amide bonds. The van der Waals surface area contributed by atoms with Gasteiger partial charge in [-0.15, -0.1) is 0 Å². The van der Waals surface area contributed by atoms with Crippen LogP contribution in [-0.2, 0) is 4.79 Å². The number of carbonyl (C=O) groups is 1. The first kappa shape index (κ1) is 20.1. The molecule has 0 spiro atoms. The molecule has 0 aromatic heterocycles. The average molecular weight is 387 g/mol. The number of amides is 1. The maximum absolute atomic E-state index is 13.1. The van der Waals surface area contributed by atoms with Crippen LogP contribution < -0.4 is 20.1 Å². The van der Waals surface area contributed by atoms with E-state index in [4.69, 9.17) is 9.47 Å². The van der Waals surface area contributed by atoms with Crippen molar-refractivity contribution in [2.45, 2.75) is 6.04 Å². The smallest absolute Gasteiger partial charge is 0.234 e. The van der Waals surface area contributed by atoms with Gasteiger partial charge in [0.15, 0.2) is 0 Å². The lowest BCUT2D eigenvalue weighted by molar-refractivity contribution is -0.123. The van der Waals surface area contributed by atoms with Crippen LogP contribution in [0.15, 0.2) is 48.5 Å². The summed E-state index contributed by atoms with van der Waals surface area (Å²) in [6, 6.07) is 13.9. The van der Waals surface area contributed by atoms with Crippen molar-refractivity contribution in [2.24, 2.45) is 0 Å². The van der Waals surface area contributed by atoms with Crippen molar-refractivity contribution < 1.29 is 18.7 Å². The standard InChI is InChI=1S/C21H26FN3O3/c1-27-20-8-3-2-7-18(20)19-14-23-9-11-25(19)15-21(26)24-10-12-28-17-6-4-5-16(22)13-17/h2-8,13,19,23H,9-12,14-15H2,1H3,(H,24,26). The highest BCUT2D eigenvalue weighted by Gasteiger charge is 2.27. The number of benzene rings is 2. The number of nitrogens with zero attached hydrogens (tertiary/aromatic N) is 1. The first-order chi connectivity index (χ1) is 13.7. The minimum absolute atomic E-state index is 0.0651. The first-order valence-electron chi connectivity index (χ1n) is 9.40. The summed E-state index contributed by atoms with van der Waals surface area (Å²) in [5.74, 6) is 0.866. The molecule has 28 heavy (non-hydrogen) atoms. The normalized spacial score (nSPS) is 17.1. The maximum Gasteiger partial charge on any atom is 0.234 e. The lowest BCUT2D eigenvalue weighted by atomic mass is 10.0. The molecule has 1 saturated heterocycles. The van der Waals surface area contributed by atoms with Crippen molar-refractivity contribution in [3.05, 3.63) is 59.9 Å². The van der Waals surface area contributed by atoms with Crippen LogP contribution in [0, 0.1) is 5.82 Å². The van der Waals surface area contributed by atoms with Gasteiger partial charge in [0.05, 0.1) is 26.2 Å². The van der Waals surface area contributed by atoms with Gasteiger partial charge in [-0.3, -0.25) is 9.69 Å². The van der Waals surface area contributed by atoms with E-state index in [1.54, 1.807) is 19.2 Å². The first-order valence-corrected chi connectivity index (χ1v) is 9.40. The molecule has 0 radical (unpaired) electrons. The topological polar surface area (TPSA) is 62.8 Å². The summed E-state index contributed by atoms with van der Waals surface area (Å²) >= 11 is 0. The Kier molecular flexibility index (Phi) is 7.22. The predicted octanol–water partition coefficient (Wildman–Crippen LogP) is 1.98. The molecule has 1 unspecified atom stereocenters. The van der Waals surface area contributed by atoms with Gasteiger partial charge in [0.1, 0.15) is 23.9 Å². The lowest BCUT2D eigenvalue weighted by Gasteiger charge is -2.36. The van der Waals surface area contributed by atoms with Crippen LogP contribution in [0.25, 0.3) is 0 Å². The van der Waals surface area contributed by atoms with Gasteiger partial charge in [0, 0.05) is 31.3 Å². The molecule has 0 saturated carbocycles. The van der Waals surface area contributed by atoms with Crippen molar-refractivity contribution in [1.29, 1.82) is 0 Å². The molecule has 1 aliphatic heterocycles. The van der Waals surface area contributed by atoms with Crippen LogP contribution >= 0.6 is 0 Å². The zero-order chi connectivity index (χ0) is 19.8. The average Bonchev–Trinajstić information content (AvgIpc) is 2.72. The second-order valence-corrected chi connectivity index (χ2v) is 6.59. The van der Waals surface area contributed by atoms with E-state index in [2.05, 4.69) is 15.5 Å². The number of rotatable bonds is 8. The number of ether oxygens (including phenoxy) is 2. The minimum Gasteiger partial charge on any atom is -0.496 e. The van der Waals surface area contributed by atoms with Gasteiger partial charge in [0.25, 0.3) is 0 Å². The molecule has 2 aromatic rings. The summed E-state index contributed by atoms with van der Waals surface area (Å²) < 4.78 is 24.1. The van der Waals surface area contributed by atoms with Gasteiger partial charge in [-0.2, -0.15) is 0 Å². The quantitative estimate of drug-likeness (QED) is 0.679. The number of halogens is 1. The fourth-order valence-corrected chi connectivity index (χ4v) is 3.34. The molecule has 2 aromatic carbocycles. The largest absolute Gasteiger partial charge is 0.496 e. The molecule has 3 rings (SSSR count). The third-order valence-electron chi connectivity index (χ3n) is 4.69. The lowest BCUT2D eigenvalue weighted by Crippen LogP contribution is -2.49. The molecule has 0 bridgehead atoms. The highest BCUT2D eigenvalue weighted by Crippen LogP contribution is 2.29. The van der Waals surface area contributed by atoms with E-state index in [-0.39, 0.29) is 24.4 Å². The summed E-state index contributed by atoms with van der Waals surface area (Å²) in [5.41, 5.74) is 1.07. The minimum atomic E-state index is -0.345. The van der Waals surface area contributed by atoms with Crippen LogP contribution in [0.2, 0.25) is 0 Å². The van der Waals surface area contributed by atoms with E-state index in [1.165, 1.54) is 12.1 Å². The Hall–Kier alpha value is -2.64. The van der Waals surface area contributed by atoms with Gasteiger partial charge in [0.2, 0.25) is 5.91 Å². The number of nitrogens with one attached hydrogen (secondary N) is 2. The van der Waals surface area contributed by atoms with E-state index >= 15 is 0 Å². The SMILES string of the molecule is COc1ccccc1C1CNCCN1CC(=O)NCCOc1cccc(F)c1. The molecule has 2 N–H and O–H groups in total.